The molecule has 0 aliphatic carbocycles. The summed E-state index contributed by atoms with van der Waals surface area (Å²) in [7, 11) is 6.67. The van der Waals surface area contributed by atoms with Crippen LogP contribution in [0.2, 0.25) is 0 Å². The maximum atomic E-state index is 5.26. The molecule has 0 N–H and O–H groups in total. The average Bonchev–Trinajstić information content (AvgIpc) is 2.91. The fourth-order valence-corrected chi connectivity index (χ4v) is 2.67. The third kappa shape index (κ3) is 3.47. The van der Waals surface area contributed by atoms with Crippen LogP contribution in [0.15, 0.2) is 59.4 Å². The van der Waals surface area contributed by atoms with Crippen LogP contribution >= 0.6 is 0 Å². The lowest BCUT2D eigenvalue weighted by Gasteiger charge is -2.26. The first-order chi connectivity index (χ1) is 9.54. The Hall–Kier alpha value is -1.33. The van der Waals surface area contributed by atoms with Gasteiger partial charge in [0, 0.05) is 11.1 Å². The number of benzene rings is 2. The Labute approximate surface area is 143 Å². The number of quaternary nitrogens is 1. The highest BCUT2D eigenvalue weighted by molar-refractivity contribution is 5.91. The number of fused-ring (bicyclic) bond motifs is 1. The van der Waals surface area contributed by atoms with Crippen molar-refractivity contribution in [1.29, 1.82) is 0 Å². The standard InChI is InChI=1S/C18H20NO.HI/c1-19(2,3)12-18-16-7-5-4-6-14(16)8-9-17(18)15-10-11-20-13-15;/h4-11,13H,12H2,1-3H3;1H/q+1;/p-1. The zero-order valence-electron chi connectivity index (χ0n) is 12.6. The summed E-state index contributed by atoms with van der Waals surface area (Å²) >= 11 is 0. The van der Waals surface area contributed by atoms with E-state index < -0.39 is 0 Å². The first kappa shape index (κ1) is 16.0. The lowest BCUT2D eigenvalue weighted by Crippen LogP contribution is -3.00. The molecule has 0 bridgehead atoms. The van der Waals surface area contributed by atoms with E-state index in [0.717, 1.165) is 16.6 Å². The minimum atomic E-state index is 0. The smallest absolute Gasteiger partial charge is 0.105 e. The molecule has 0 unspecified atom stereocenters. The normalized spacial score (nSPS) is 11.4. The van der Waals surface area contributed by atoms with Gasteiger partial charge in [0.1, 0.15) is 6.54 Å². The Morgan fingerprint density at radius 1 is 0.952 bits per heavy atom. The van der Waals surface area contributed by atoms with Crippen LogP contribution in [0.25, 0.3) is 21.9 Å². The first-order valence-electron chi connectivity index (χ1n) is 6.88. The molecule has 1 aromatic heterocycles. The van der Waals surface area contributed by atoms with Crippen molar-refractivity contribution in [2.45, 2.75) is 6.54 Å². The summed E-state index contributed by atoms with van der Waals surface area (Å²) in [5.41, 5.74) is 3.81. The van der Waals surface area contributed by atoms with Crippen molar-refractivity contribution in [2.75, 3.05) is 21.1 Å². The molecule has 21 heavy (non-hydrogen) atoms. The zero-order valence-corrected chi connectivity index (χ0v) is 14.8. The molecular weight excluding hydrogens is 373 g/mol. The monoisotopic (exact) mass is 393 g/mol. The van der Waals surface area contributed by atoms with Gasteiger partial charge in [-0.1, -0.05) is 36.4 Å². The molecule has 2 nitrogen and oxygen atoms in total. The van der Waals surface area contributed by atoms with Crippen molar-refractivity contribution in [3.63, 3.8) is 0 Å². The van der Waals surface area contributed by atoms with E-state index in [2.05, 4.69) is 57.5 Å². The molecule has 2 aromatic carbocycles. The minimum Gasteiger partial charge on any atom is -1.00 e. The molecule has 0 spiro atoms. The molecule has 3 heteroatoms. The first-order valence-corrected chi connectivity index (χ1v) is 6.88. The molecule has 3 rings (SSSR count). The van der Waals surface area contributed by atoms with E-state index in [9.17, 15) is 0 Å². The van der Waals surface area contributed by atoms with Crippen molar-refractivity contribution in [3.05, 3.63) is 60.6 Å². The second kappa shape index (κ2) is 6.20. The van der Waals surface area contributed by atoms with Gasteiger partial charge in [0.15, 0.2) is 0 Å². The molecule has 0 amide bonds. The summed E-state index contributed by atoms with van der Waals surface area (Å²) in [4.78, 5) is 0. The van der Waals surface area contributed by atoms with Gasteiger partial charge in [0.2, 0.25) is 0 Å². The summed E-state index contributed by atoms with van der Waals surface area (Å²) in [6.07, 6.45) is 3.56. The van der Waals surface area contributed by atoms with Crippen molar-refractivity contribution in [2.24, 2.45) is 0 Å². The number of hydrogen-bond donors (Lipinski definition) is 0. The number of rotatable bonds is 3. The number of halogens is 1. The van der Waals surface area contributed by atoms with Crippen LogP contribution in [0.3, 0.4) is 0 Å². The number of nitrogens with zero attached hydrogens (tertiary/aromatic N) is 1. The molecule has 3 aromatic rings. The largest absolute Gasteiger partial charge is 1.00 e. The second-order valence-electron chi connectivity index (χ2n) is 6.27. The summed E-state index contributed by atoms with van der Waals surface area (Å²) in [5, 5.41) is 2.63. The lowest BCUT2D eigenvalue weighted by molar-refractivity contribution is -0.883. The van der Waals surface area contributed by atoms with Crippen LogP contribution in [-0.4, -0.2) is 25.6 Å². The van der Waals surface area contributed by atoms with Gasteiger partial charge in [0.05, 0.1) is 33.7 Å². The molecule has 0 fully saturated rings. The molecule has 0 radical (unpaired) electrons. The highest BCUT2D eigenvalue weighted by Crippen LogP contribution is 2.32. The quantitative estimate of drug-likeness (QED) is 0.483. The molecule has 110 valence electrons. The number of hydrogen-bond acceptors (Lipinski definition) is 1. The Morgan fingerprint density at radius 2 is 1.71 bits per heavy atom. The molecule has 0 aliphatic rings. The van der Waals surface area contributed by atoms with E-state index >= 15 is 0 Å². The third-order valence-corrected chi connectivity index (χ3v) is 3.51. The fraction of sp³-hybridized carbons (Fsp3) is 0.222. The van der Waals surface area contributed by atoms with Crippen LogP contribution in [0.4, 0.5) is 0 Å². The van der Waals surface area contributed by atoms with Crippen molar-refractivity contribution < 1.29 is 32.9 Å². The Kier molecular flexibility index (Phi) is 4.74. The molecule has 0 atom stereocenters. The van der Waals surface area contributed by atoms with Gasteiger partial charge < -0.3 is 32.9 Å². The van der Waals surface area contributed by atoms with Crippen LogP contribution in [0.1, 0.15) is 5.56 Å². The van der Waals surface area contributed by atoms with Gasteiger partial charge in [-0.2, -0.15) is 0 Å². The minimum absolute atomic E-state index is 0. The summed E-state index contributed by atoms with van der Waals surface area (Å²) in [6.45, 7) is 0.988. The van der Waals surface area contributed by atoms with E-state index in [-0.39, 0.29) is 24.0 Å². The maximum absolute atomic E-state index is 5.26. The second-order valence-corrected chi connectivity index (χ2v) is 6.27. The molecular formula is C18H20INO. The topological polar surface area (TPSA) is 13.1 Å². The molecule has 1 heterocycles. The van der Waals surface area contributed by atoms with Crippen LogP contribution in [0, 0.1) is 0 Å². The lowest BCUT2D eigenvalue weighted by atomic mass is 9.95. The fourth-order valence-electron chi connectivity index (χ4n) is 2.67. The van der Waals surface area contributed by atoms with Gasteiger partial charge in [-0.3, -0.25) is 0 Å². The molecule has 0 saturated carbocycles. The summed E-state index contributed by atoms with van der Waals surface area (Å²) in [6, 6.07) is 15.0. The predicted molar refractivity (Wildman–Crippen MR) is 83.4 cm³/mol. The Morgan fingerprint density at radius 3 is 2.38 bits per heavy atom. The molecule has 0 aliphatic heterocycles. The van der Waals surface area contributed by atoms with Crippen molar-refractivity contribution >= 4 is 10.8 Å². The highest BCUT2D eigenvalue weighted by Gasteiger charge is 2.17. The third-order valence-electron chi connectivity index (χ3n) is 3.51. The van der Waals surface area contributed by atoms with Crippen LogP contribution < -0.4 is 24.0 Å². The maximum Gasteiger partial charge on any atom is 0.105 e. The van der Waals surface area contributed by atoms with Crippen LogP contribution in [0.5, 0.6) is 0 Å². The predicted octanol–water partition coefficient (Wildman–Crippen LogP) is 1.31. The summed E-state index contributed by atoms with van der Waals surface area (Å²) in [5.74, 6) is 0. The van der Waals surface area contributed by atoms with Gasteiger partial charge in [-0.25, -0.2) is 0 Å². The van der Waals surface area contributed by atoms with Crippen molar-refractivity contribution in [1.82, 2.24) is 0 Å². The van der Waals surface area contributed by atoms with E-state index in [4.69, 9.17) is 4.42 Å². The van der Waals surface area contributed by atoms with E-state index in [1.165, 1.54) is 21.9 Å². The van der Waals surface area contributed by atoms with Gasteiger partial charge in [0.25, 0.3) is 0 Å². The van der Waals surface area contributed by atoms with Crippen molar-refractivity contribution in [3.8, 4) is 11.1 Å². The van der Waals surface area contributed by atoms with Gasteiger partial charge >= 0.3 is 0 Å². The van der Waals surface area contributed by atoms with E-state index in [1.807, 2.05) is 12.3 Å². The van der Waals surface area contributed by atoms with E-state index in [1.54, 1.807) is 6.26 Å². The number of furan rings is 1. The van der Waals surface area contributed by atoms with Gasteiger partial charge in [-0.05, 0) is 22.4 Å². The Bertz CT molecular complexity index is 727. The van der Waals surface area contributed by atoms with E-state index in [0.29, 0.717) is 0 Å². The SMILES string of the molecule is C[N+](C)(C)Cc1c(-c2ccoc2)ccc2ccccc12.[I-]. The zero-order chi connectivity index (χ0) is 14.2. The van der Waals surface area contributed by atoms with Crippen LogP contribution in [-0.2, 0) is 6.54 Å². The summed E-state index contributed by atoms with van der Waals surface area (Å²) < 4.78 is 6.16. The Balaban J connectivity index is 0.00000161. The highest BCUT2D eigenvalue weighted by atomic mass is 127. The van der Waals surface area contributed by atoms with Gasteiger partial charge in [-0.15, -0.1) is 0 Å². The molecule has 0 saturated heterocycles. The average molecular weight is 393 g/mol.